The highest BCUT2D eigenvalue weighted by molar-refractivity contribution is 5.96. The number of aromatic amines is 2. The number of rotatable bonds is 4. The minimum absolute atomic E-state index is 0.252. The number of hydrogen-bond acceptors (Lipinski definition) is 6. The zero-order valence-electron chi connectivity index (χ0n) is 19.8. The third kappa shape index (κ3) is 4.01. The molecule has 0 saturated heterocycles. The van der Waals surface area contributed by atoms with Gasteiger partial charge in [0, 0.05) is 54.9 Å². The maximum absolute atomic E-state index is 14.5. The van der Waals surface area contributed by atoms with Crippen LogP contribution in [0.1, 0.15) is 0 Å². The summed E-state index contributed by atoms with van der Waals surface area (Å²) in [5.74, 6) is 0.169. The lowest BCUT2D eigenvalue weighted by atomic mass is 10.1. The van der Waals surface area contributed by atoms with E-state index in [9.17, 15) is 9.18 Å². The molecule has 5 heterocycles. The molecule has 0 fully saturated rings. The summed E-state index contributed by atoms with van der Waals surface area (Å²) in [4.78, 5) is 34.5. The Morgan fingerprint density at radius 2 is 1.81 bits per heavy atom. The van der Waals surface area contributed by atoms with Crippen LogP contribution >= 0.6 is 0 Å². The molecular weight excluding hydrogens is 473 g/mol. The Balaban J connectivity index is 1.42. The zero-order valence-corrected chi connectivity index (χ0v) is 19.8. The topological polar surface area (TPSA) is 128 Å². The number of pyridine rings is 3. The summed E-state index contributed by atoms with van der Waals surface area (Å²) in [6.07, 6.45) is 6.57. The van der Waals surface area contributed by atoms with Gasteiger partial charge in [0.25, 0.3) is 0 Å². The SMILES string of the molecule is CN(C)C(=O)Nc1cncc(-c2cnc3n[nH]c(-c4nc5nccc(-c6ccccc6F)c5[nH]4)c3c2)c1. The Labute approximate surface area is 209 Å². The second kappa shape index (κ2) is 8.79. The quantitative estimate of drug-likeness (QED) is 0.322. The highest BCUT2D eigenvalue weighted by atomic mass is 19.1. The number of amides is 2. The average Bonchev–Trinajstić information content (AvgIpc) is 3.53. The number of carbonyl (C=O) groups excluding carboxylic acids is 1. The Kier molecular flexibility index (Phi) is 5.29. The van der Waals surface area contributed by atoms with Gasteiger partial charge in [-0.2, -0.15) is 5.10 Å². The van der Waals surface area contributed by atoms with Crippen LogP contribution < -0.4 is 5.32 Å². The van der Waals surface area contributed by atoms with Crippen molar-refractivity contribution in [3.8, 4) is 33.8 Å². The van der Waals surface area contributed by atoms with E-state index in [1.165, 1.54) is 11.0 Å². The number of nitrogens with one attached hydrogen (secondary N) is 3. The summed E-state index contributed by atoms with van der Waals surface area (Å²) in [5, 5.41) is 10.8. The number of fused-ring (bicyclic) bond motifs is 2. The molecule has 0 spiro atoms. The van der Waals surface area contributed by atoms with E-state index < -0.39 is 0 Å². The Morgan fingerprint density at radius 3 is 2.65 bits per heavy atom. The molecule has 3 N–H and O–H groups in total. The normalized spacial score (nSPS) is 11.2. The molecule has 10 nitrogen and oxygen atoms in total. The van der Waals surface area contributed by atoms with Crippen LogP contribution in [0.3, 0.4) is 0 Å². The van der Waals surface area contributed by atoms with Crippen molar-refractivity contribution in [1.82, 2.24) is 40.0 Å². The van der Waals surface area contributed by atoms with Gasteiger partial charge in [-0.05, 0) is 24.3 Å². The molecule has 1 aromatic carbocycles. The molecule has 2 amide bonds. The number of urea groups is 1. The number of imidazole rings is 1. The van der Waals surface area contributed by atoms with E-state index in [1.54, 1.807) is 63.1 Å². The Morgan fingerprint density at radius 1 is 0.973 bits per heavy atom. The van der Waals surface area contributed by atoms with Crippen molar-refractivity contribution in [3.05, 3.63) is 73.1 Å². The first-order valence-corrected chi connectivity index (χ1v) is 11.4. The standard InChI is InChI=1S/C26H20FN9O/c1-36(2)26(37)31-16-9-14(11-28-13-16)15-10-19-22(34-35-23(19)30-12-15)25-32-21-18(7-8-29-24(21)33-25)17-5-3-4-6-20(17)27/h3-13H,1-2H3,(H,31,37)(H,29,32,33)(H,30,34,35). The van der Waals surface area contributed by atoms with Crippen LogP contribution in [0.15, 0.2) is 67.3 Å². The maximum atomic E-state index is 14.5. The predicted octanol–water partition coefficient (Wildman–Crippen LogP) is 4.86. The van der Waals surface area contributed by atoms with Gasteiger partial charge in [-0.1, -0.05) is 18.2 Å². The van der Waals surface area contributed by atoms with E-state index in [0.717, 1.165) is 16.5 Å². The number of hydrogen-bond donors (Lipinski definition) is 3. The Hall–Kier alpha value is -5.19. The van der Waals surface area contributed by atoms with Crippen molar-refractivity contribution in [2.75, 3.05) is 19.4 Å². The molecule has 182 valence electrons. The first kappa shape index (κ1) is 22.3. The van der Waals surface area contributed by atoms with Gasteiger partial charge < -0.3 is 15.2 Å². The van der Waals surface area contributed by atoms with E-state index in [-0.39, 0.29) is 11.8 Å². The fourth-order valence-electron chi connectivity index (χ4n) is 4.07. The molecule has 0 unspecified atom stereocenters. The number of aromatic nitrogens is 7. The van der Waals surface area contributed by atoms with Crippen molar-refractivity contribution >= 4 is 33.9 Å². The van der Waals surface area contributed by atoms with Crippen LogP contribution in [0.5, 0.6) is 0 Å². The summed E-state index contributed by atoms with van der Waals surface area (Å²) >= 11 is 0. The molecule has 0 aliphatic heterocycles. The minimum atomic E-state index is -0.329. The molecule has 0 atom stereocenters. The summed E-state index contributed by atoms with van der Waals surface area (Å²) in [7, 11) is 3.33. The third-order valence-electron chi connectivity index (χ3n) is 5.93. The molecule has 5 aromatic heterocycles. The fraction of sp³-hybridized carbons (Fsp3) is 0.0769. The van der Waals surface area contributed by atoms with Crippen molar-refractivity contribution in [2.24, 2.45) is 0 Å². The molecule has 11 heteroatoms. The van der Waals surface area contributed by atoms with Gasteiger partial charge >= 0.3 is 6.03 Å². The number of H-pyrrole nitrogens is 2. The first-order valence-electron chi connectivity index (χ1n) is 11.4. The second-order valence-electron chi connectivity index (χ2n) is 8.60. The predicted molar refractivity (Wildman–Crippen MR) is 138 cm³/mol. The van der Waals surface area contributed by atoms with Crippen LogP contribution in [0, 0.1) is 5.82 Å². The lowest BCUT2D eigenvalue weighted by Crippen LogP contribution is -2.27. The number of halogens is 1. The zero-order chi connectivity index (χ0) is 25.5. The first-order chi connectivity index (χ1) is 18.0. The molecule has 6 aromatic rings. The minimum Gasteiger partial charge on any atom is -0.335 e. The van der Waals surface area contributed by atoms with Crippen molar-refractivity contribution < 1.29 is 9.18 Å². The van der Waals surface area contributed by atoms with Crippen molar-refractivity contribution in [1.29, 1.82) is 0 Å². The van der Waals surface area contributed by atoms with Gasteiger partial charge in [-0.25, -0.2) is 24.1 Å². The van der Waals surface area contributed by atoms with Gasteiger partial charge in [0.2, 0.25) is 0 Å². The van der Waals surface area contributed by atoms with Crippen molar-refractivity contribution in [2.45, 2.75) is 0 Å². The largest absolute Gasteiger partial charge is 0.335 e. The van der Waals surface area contributed by atoms with Crippen molar-refractivity contribution in [3.63, 3.8) is 0 Å². The number of carbonyl (C=O) groups is 1. The van der Waals surface area contributed by atoms with Gasteiger partial charge in [0.15, 0.2) is 17.1 Å². The average molecular weight is 494 g/mol. The summed E-state index contributed by atoms with van der Waals surface area (Å²) in [6, 6.07) is 11.8. The summed E-state index contributed by atoms with van der Waals surface area (Å²) in [6.45, 7) is 0. The smallest absolute Gasteiger partial charge is 0.321 e. The van der Waals surface area contributed by atoms with E-state index in [1.807, 2.05) is 12.1 Å². The summed E-state index contributed by atoms with van der Waals surface area (Å²) < 4.78 is 14.5. The molecule has 0 saturated carbocycles. The lowest BCUT2D eigenvalue weighted by molar-refractivity contribution is 0.230. The monoisotopic (exact) mass is 493 g/mol. The molecule has 0 aliphatic rings. The highest BCUT2D eigenvalue weighted by Crippen LogP contribution is 2.32. The second-order valence-corrected chi connectivity index (χ2v) is 8.60. The number of benzene rings is 1. The molecule has 37 heavy (non-hydrogen) atoms. The van der Waals surface area contributed by atoms with Crippen LogP contribution in [0.25, 0.3) is 56.0 Å². The van der Waals surface area contributed by atoms with Gasteiger partial charge in [-0.15, -0.1) is 0 Å². The van der Waals surface area contributed by atoms with Crippen LogP contribution in [-0.4, -0.2) is 60.1 Å². The number of nitrogens with zero attached hydrogens (tertiary/aromatic N) is 6. The third-order valence-corrected chi connectivity index (χ3v) is 5.93. The maximum Gasteiger partial charge on any atom is 0.321 e. The summed E-state index contributed by atoms with van der Waals surface area (Å²) in [5.41, 5.74) is 5.42. The van der Waals surface area contributed by atoms with E-state index in [2.05, 4.69) is 40.4 Å². The van der Waals surface area contributed by atoms with Gasteiger partial charge in [0.1, 0.15) is 11.5 Å². The van der Waals surface area contributed by atoms with Crippen LogP contribution in [0.4, 0.5) is 14.9 Å². The fourth-order valence-corrected chi connectivity index (χ4v) is 4.07. The van der Waals surface area contributed by atoms with E-state index in [4.69, 9.17) is 0 Å². The van der Waals surface area contributed by atoms with Crippen LogP contribution in [0.2, 0.25) is 0 Å². The molecule has 6 rings (SSSR count). The molecule has 0 aliphatic carbocycles. The molecule has 0 bridgehead atoms. The Bertz CT molecular complexity index is 1790. The van der Waals surface area contributed by atoms with Gasteiger partial charge in [0.05, 0.1) is 22.8 Å². The van der Waals surface area contributed by atoms with Gasteiger partial charge in [-0.3, -0.25) is 10.1 Å². The molecular formula is C26H20FN9O. The highest BCUT2D eigenvalue weighted by Gasteiger charge is 2.18. The van der Waals surface area contributed by atoms with Crippen LogP contribution in [-0.2, 0) is 0 Å². The lowest BCUT2D eigenvalue weighted by Gasteiger charge is -2.12. The van der Waals surface area contributed by atoms with E-state index >= 15 is 0 Å². The van der Waals surface area contributed by atoms with E-state index in [0.29, 0.717) is 45.1 Å². The molecule has 0 radical (unpaired) electrons. The number of anilines is 1.